The van der Waals surface area contributed by atoms with E-state index >= 15 is 0 Å². The highest BCUT2D eigenvalue weighted by molar-refractivity contribution is 7.99. The van der Waals surface area contributed by atoms with Crippen LogP contribution in [-0.2, 0) is 11.8 Å². The second-order valence-corrected chi connectivity index (χ2v) is 7.70. The minimum absolute atomic E-state index is 0.0489. The Kier molecular flexibility index (Phi) is 5.71. The second-order valence-electron chi connectivity index (χ2n) is 6.75. The van der Waals surface area contributed by atoms with Crippen LogP contribution in [0.1, 0.15) is 30.5 Å². The predicted molar refractivity (Wildman–Crippen MR) is 110 cm³/mol. The molecule has 0 radical (unpaired) electrons. The molecule has 0 aliphatic carbocycles. The quantitative estimate of drug-likeness (QED) is 0.629. The average molecular weight is 410 g/mol. The van der Waals surface area contributed by atoms with E-state index < -0.39 is 0 Å². The van der Waals surface area contributed by atoms with Crippen LogP contribution in [0.3, 0.4) is 0 Å². The van der Waals surface area contributed by atoms with E-state index in [1.54, 1.807) is 0 Å². The summed E-state index contributed by atoms with van der Waals surface area (Å²) in [5.74, 6) is 2.29. The van der Waals surface area contributed by atoms with E-state index in [2.05, 4.69) is 15.5 Å². The zero-order chi connectivity index (χ0) is 20.2. The summed E-state index contributed by atoms with van der Waals surface area (Å²) in [4.78, 5) is 12.3. The number of carbonyl (C=O) groups excluding carboxylic acids is 1. The molecule has 150 valence electrons. The van der Waals surface area contributed by atoms with Gasteiger partial charge in [-0.1, -0.05) is 54.2 Å². The summed E-state index contributed by atoms with van der Waals surface area (Å²) >= 11 is 1.34. The number of fused-ring (bicyclic) bond motifs is 1. The van der Waals surface area contributed by atoms with Gasteiger partial charge in [0.25, 0.3) is 0 Å². The standard InChI is InChI=1S/C21H22N4O3S/c1-14(15-8-4-3-5-9-15)22-19(26)13-29-21-24-23-20(25(21)2)18-12-27-16-10-6-7-11-17(16)28-18/h3-11,14,18H,12-13H2,1-2H3,(H,22,26)/t14-,18+/m0/s1. The largest absolute Gasteiger partial charge is 0.485 e. The molecule has 29 heavy (non-hydrogen) atoms. The van der Waals surface area contributed by atoms with E-state index in [1.807, 2.05) is 73.1 Å². The van der Waals surface area contributed by atoms with Crippen molar-refractivity contribution >= 4 is 17.7 Å². The number of aromatic nitrogens is 3. The molecule has 2 heterocycles. The van der Waals surface area contributed by atoms with Crippen molar-refractivity contribution < 1.29 is 14.3 Å². The van der Waals surface area contributed by atoms with E-state index in [0.717, 1.165) is 11.3 Å². The van der Waals surface area contributed by atoms with Gasteiger partial charge in [0.15, 0.2) is 28.6 Å². The molecule has 0 saturated carbocycles. The SMILES string of the molecule is C[C@H](NC(=O)CSc1nnc([C@H]2COc3ccccc3O2)n1C)c1ccccc1. The number of thioether (sulfide) groups is 1. The van der Waals surface area contributed by atoms with Crippen LogP contribution in [0.25, 0.3) is 0 Å². The molecule has 0 fully saturated rings. The van der Waals surface area contributed by atoms with E-state index in [-0.39, 0.29) is 23.8 Å². The van der Waals surface area contributed by atoms with Crippen molar-refractivity contribution in [3.63, 3.8) is 0 Å². The Morgan fingerprint density at radius 2 is 1.90 bits per heavy atom. The predicted octanol–water partition coefficient (Wildman–Crippen LogP) is 3.30. The highest BCUT2D eigenvalue weighted by Gasteiger charge is 2.27. The molecule has 1 aromatic heterocycles. The molecule has 1 N–H and O–H groups in total. The fourth-order valence-corrected chi connectivity index (χ4v) is 3.85. The number of rotatable bonds is 6. The van der Waals surface area contributed by atoms with Gasteiger partial charge in [-0.05, 0) is 24.6 Å². The molecule has 8 heteroatoms. The van der Waals surface area contributed by atoms with Crippen molar-refractivity contribution in [3.05, 3.63) is 66.0 Å². The molecule has 0 unspecified atom stereocenters. The molecule has 0 bridgehead atoms. The second kappa shape index (κ2) is 8.57. The number of hydrogen-bond acceptors (Lipinski definition) is 6. The minimum Gasteiger partial charge on any atom is -0.485 e. The van der Waals surface area contributed by atoms with Crippen LogP contribution in [0.15, 0.2) is 59.8 Å². The summed E-state index contributed by atoms with van der Waals surface area (Å²) in [7, 11) is 1.87. The van der Waals surface area contributed by atoms with E-state index in [4.69, 9.17) is 9.47 Å². The van der Waals surface area contributed by atoms with Crippen LogP contribution in [0.2, 0.25) is 0 Å². The van der Waals surface area contributed by atoms with Crippen LogP contribution >= 0.6 is 11.8 Å². The number of benzene rings is 2. The third-order valence-corrected chi connectivity index (χ3v) is 5.69. The van der Waals surface area contributed by atoms with Gasteiger partial charge in [0.1, 0.15) is 6.61 Å². The first-order valence-electron chi connectivity index (χ1n) is 9.36. The van der Waals surface area contributed by atoms with Crippen LogP contribution in [0.4, 0.5) is 0 Å². The van der Waals surface area contributed by atoms with Gasteiger partial charge in [-0.25, -0.2) is 0 Å². The number of para-hydroxylation sites is 2. The van der Waals surface area contributed by atoms with Crippen molar-refractivity contribution in [2.45, 2.75) is 24.2 Å². The van der Waals surface area contributed by atoms with Gasteiger partial charge in [0, 0.05) is 7.05 Å². The van der Waals surface area contributed by atoms with E-state index in [9.17, 15) is 4.79 Å². The Labute approximate surface area is 173 Å². The summed E-state index contributed by atoms with van der Waals surface area (Å²) in [6, 6.07) is 17.4. The van der Waals surface area contributed by atoms with Crippen LogP contribution < -0.4 is 14.8 Å². The number of hydrogen-bond donors (Lipinski definition) is 1. The van der Waals surface area contributed by atoms with Crippen LogP contribution in [0.5, 0.6) is 11.5 Å². The first-order valence-corrected chi connectivity index (χ1v) is 10.3. The highest BCUT2D eigenvalue weighted by atomic mass is 32.2. The van der Waals surface area contributed by atoms with Crippen molar-refractivity contribution in [1.29, 1.82) is 0 Å². The molecule has 3 aromatic rings. The van der Waals surface area contributed by atoms with Gasteiger partial charge >= 0.3 is 0 Å². The molecule has 2 aromatic carbocycles. The van der Waals surface area contributed by atoms with Crippen molar-refractivity contribution in [3.8, 4) is 11.5 Å². The maximum absolute atomic E-state index is 12.3. The summed E-state index contributed by atoms with van der Waals surface area (Å²) in [5, 5.41) is 12.1. The monoisotopic (exact) mass is 410 g/mol. The molecular weight excluding hydrogens is 388 g/mol. The van der Waals surface area contributed by atoms with Crippen molar-refractivity contribution in [2.24, 2.45) is 7.05 Å². The van der Waals surface area contributed by atoms with Gasteiger partial charge in [-0.15, -0.1) is 10.2 Å². The lowest BCUT2D eigenvalue weighted by Crippen LogP contribution is -2.28. The van der Waals surface area contributed by atoms with Gasteiger partial charge in [-0.3, -0.25) is 4.79 Å². The Bertz CT molecular complexity index is 993. The van der Waals surface area contributed by atoms with Gasteiger partial charge in [0.2, 0.25) is 5.91 Å². The number of amides is 1. The van der Waals surface area contributed by atoms with Crippen molar-refractivity contribution in [1.82, 2.24) is 20.1 Å². The Hall–Kier alpha value is -3.00. The van der Waals surface area contributed by atoms with Gasteiger partial charge < -0.3 is 19.4 Å². The van der Waals surface area contributed by atoms with Crippen LogP contribution in [-0.4, -0.2) is 33.0 Å². The summed E-state index contributed by atoms with van der Waals surface area (Å²) in [6.45, 7) is 2.33. The smallest absolute Gasteiger partial charge is 0.230 e. The number of ether oxygens (including phenoxy) is 2. The maximum Gasteiger partial charge on any atom is 0.230 e. The molecule has 4 rings (SSSR count). The first-order chi connectivity index (χ1) is 14.1. The Morgan fingerprint density at radius 3 is 2.69 bits per heavy atom. The number of nitrogens with zero attached hydrogens (tertiary/aromatic N) is 3. The zero-order valence-electron chi connectivity index (χ0n) is 16.2. The lowest BCUT2D eigenvalue weighted by Gasteiger charge is -2.25. The van der Waals surface area contributed by atoms with E-state index in [1.165, 1.54) is 11.8 Å². The minimum atomic E-state index is -0.344. The first kappa shape index (κ1) is 19.3. The highest BCUT2D eigenvalue weighted by Crippen LogP contribution is 2.35. The lowest BCUT2D eigenvalue weighted by atomic mass is 10.1. The third-order valence-electron chi connectivity index (χ3n) is 4.67. The summed E-state index contributed by atoms with van der Waals surface area (Å²) in [5.41, 5.74) is 1.07. The average Bonchev–Trinajstić information content (AvgIpc) is 3.13. The van der Waals surface area contributed by atoms with Gasteiger partial charge in [-0.2, -0.15) is 0 Å². The molecule has 1 aliphatic rings. The Balaban J connectivity index is 1.35. The summed E-state index contributed by atoms with van der Waals surface area (Å²) < 4.78 is 13.6. The number of carbonyl (C=O) groups is 1. The third kappa shape index (κ3) is 4.37. The maximum atomic E-state index is 12.3. The fourth-order valence-electron chi connectivity index (χ4n) is 3.12. The lowest BCUT2D eigenvalue weighted by molar-refractivity contribution is -0.119. The number of nitrogens with one attached hydrogen (secondary N) is 1. The molecule has 0 saturated heterocycles. The molecule has 1 aliphatic heterocycles. The Morgan fingerprint density at radius 1 is 1.17 bits per heavy atom. The topological polar surface area (TPSA) is 78.3 Å². The fraction of sp³-hybridized carbons (Fsp3) is 0.286. The van der Waals surface area contributed by atoms with E-state index in [0.29, 0.717) is 23.3 Å². The molecule has 7 nitrogen and oxygen atoms in total. The molecule has 2 atom stereocenters. The molecular formula is C21H22N4O3S. The molecule has 1 amide bonds. The van der Waals surface area contributed by atoms with Crippen molar-refractivity contribution in [2.75, 3.05) is 12.4 Å². The zero-order valence-corrected chi connectivity index (χ0v) is 17.1. The summed E-state index contributed by atoms with van der Waals surface area (Å²) in [6.07, 6.45) is -0.344. The molecule has 0 spiro atoms. The normalized spacial score (nSPS) is 16.3. The van der Waals surface area contributed by atoms with Gasteiger partial charge in [0.05, 0.1) is 11.8 Å². The van der Waals surface area contributed by atoms with Crippen LogP contribution in [0, 0.1) is 0 Å².